The van der Waals surface area contributed by atoms with E-state index >= 15 is 0 Å². The Kier molecular flexibility index (Phi) is 3.06. The van der Waals surface area contributed by atoms with Gasteiger partial charge in [-0.1, -0.05) is 11.6 Å². The fraction of sp³-hybridized carbons (Fsp3) is 0.222. The van der Waals surface area contributed by atoms with E-state index in [0.717, 1.165) is 6.07 Å². The van der Waals surface area contributed by atoms with Crippen LogP contribution in [0.25, 0.3) is 0 Å². The van der Waals surface area contributed by atoms with E-state index in [1.807, 2.05) is 0 Å². The van der Waals surface area contributed by atoms with Gasteiger partial charge in [0.1, 0.15) is 5.78 Å². The quantitative estimate of drug-likeness (QED) is 0.778. The molecule has 0 heterocycles. The first-order chi connectivity index (χ1) is 6.43. The van der Waals surface area contributed by atoms with Gasteiger partial charge >= 0.3 is 0 Å². The van der Waals surface area contributed by atoms with Crippen LogP contribution < -0.4 is 0 Å². The molecular weight excluding hydrogens is 214 g/mol. The summed E-state index contributed by atoms with van der Waals surface area (Å²) >= 11 is 5.34. The Labute approximate surface area is 84.1 Å². The smallest absolute Gasteiger partial charge is 0.202 e. The van der Waals surface area contributed by atoms with Gasteiger partial charge in [0, 0.05) is 12.0 Å². The Bertz CT molecular complexity index is 391. The molecule has 1 rings (SSSR count). The maximum absolute atomic E-state index is 12.9. The highest BCUT2D eigenvalue weighted by Crippen LogP contribution is 2.29. The molecule has 2 nitrogen and oxygen atoms in total. The van der Waals surface area contributed by atoms with Crippen LogP contribution in [0.5, 0.6) is 5.75 Å². The topological polar surface area (TPSA) is 37.3 Å². The first kappa shape index (κ1) is 10.9. The number of carbonyl (C=O) groups excluding carboxylic acids is 1. The highest BCUT2D eigenvalue weighted by molar-refractivity contribution is 6.30. The van der Waals surface area contributed by atoms with Gasteiger partial charge in [0.15, 0.2) is 11.6 Å². The molecule has 0 aliphatic heterocycles. The van der Waals surface area contributed by atoms with E-state index in [9.17, 15) is 13.6 Å². The summed E-state index contributed by atoms with van der Waals surface area (Å²) in [7, 11) is 0. The predicted octanol–water partition coefficient (Wildman–Crippen LogP) is 2.46. The van der Waals surface area contributed by atoms with Gasteiger partial charge in [-0.25, -0.2) is 4.39 Å². The summed E-state index contributed by atoms with van der Waals surface area (Å²) in [6, 6.07) is 1.04. The van der Waals surface area contributed by atoms with E-state index in [2.05, 4.69) is 0 Å². The van der Waals surface area contributed by atoms with Gasteiger partial charge in [0.05, 0.1) is 5.02 Å². The van der Waals surface area contributed by atoms with Crippen molar-refractivity contribution in [2.24, 2.45) is 0 Å². The summed E-state index contributed by atoms with van der Waals surface area (Å²) in [6.07, 6.45) is -0.178. The highest BCUT2D eigenvalue weighted by Gasteiger charge is 2.17. The molecule has 1 aromatic rings. The Balaban J connectivity index is 3.25. The summed E-state index contributed by atoms with van der Waals surface area (Å²) in [5.41, 5.74) is -0.0126. The second-order valence-corrected chi connectivity index (χ2v) is 3.28. The van der Waals surface area contributed by atoms with Crippen LogP contribution in [0.3, 0.4) is 0 Å². The third-order valence-electron chi connectivity index (χ3n) is 1.65. The van der Waals surface area contributed by atoms with E-state index in [1.165, 1.54) is 6.92 Å². The van der Waals surface area contributed by atoms with Crippen molar-refractivity contribution in [1.82, 2.24) is 0 Å². The third-order valence-corrected chi connectivity index (χ3v) is 1.93. The van der Waals surface area contributed by atoms with Crippen molar-refractivity contribution in [2.45, 2.75) is 13.3 Å². The summed E-state index contributed by atoms with van der Waals surface area (Å²) in [4.78, 5) is 10.7. The molecule has 0 amide bonds. The molecule has 0 saturated carbocycles. The molecule has 0 aliphatic rings. The Morgan fingerprint density at radius 1 is 1.50 bits per heavy atom. The molecule has 0 aromatic heterocycles. The number of hydrogen-bond acceptors (Lipinski definition) is 2. The zero-order valence-corrected chi connectivity index (χ0v) is 8.03. The molecule has 0 saturated heterocycles. The molecule has 0 radical (unpaired) electrons. The SMILES string of the molecule is CC(=O)Cc1cc(Cl)c(F)c(F)c1O. The van der Waals surface area contributed by atoms with Gasteiger partial charge in [-0.05, 0) is 13.0 Å². The molecule has 0 atom stereocenters. The van der Waals surface area contributed by atoms with Crippen molar-refractivity contribution < 1.29 is 18.7 Å². The number of ketones is 1. The van der Waals surface area contributed by atoms with Crippen LogP contribution in [0.2, 0.25) is 5.02 Å². The van der Waals surface area contributed by atoms with Gasteiger partial charge < -0.3 is 5.11 Å². The van der Waals surface area contributed by atoms with Crippen molar-refractivity contribution in [3.05, 3.63) is 28.3 Å². The zero-order valence-electron chi connectivity index (χ0n) is 7.27. The van der Waals surface area contributed by atoms with Crippen LogP contribution >= 0.6 is 11.6 Å². The summed E-state index contributed by atoms with van der Waals surface area (Å²) in [5.74, 6) is -3.87. The van der Waals surface area contributed by atoms with E-state index in [1.54, 1.807) is 0 Å². The minimum Gasteiger partial charge on any atom is -0.505 e. The van der Waals surface area contributed by atoms with Crippen molar-refractivity contribution in [3.8, 4) is 5.75 Å². The van der Waals surface area contributed by atoms with Crippen LogP contribution in [-0.2, 0) is 11.2 Å². The maximum Gasteiger partial charge on any atom is 0.202 e. The Morgan fingerprint density at radius 2 is 2.07 bits per heavy atom. The average molecular weight is 221 g/mol. The molecule has 1 aromatic carbocycles. The van der Waals surface area contributed by atoms with Crippen molar-refractivity contribution in [1.29, 1.82) is 0 Å². The van der Waals surface area contributed by atoms with E-state index in [4.69, 9.17) is 16.7 Å². The summed E-state index contributed by atoms with van der Waals surface area (Å²) < 4.78 is 25.6. The van der Waals surface area contributed by atoms with Gasteiger partial charge in [0.2, 0.25) is 5.82 Å². The standard InChI is InChI=1S/C9H7ClF2O2/c1-4(13)2-5-3-6(10)7(11)8(12)9(5)14/h3,14H,2H2,1H3. The molecule has 0 unspecified atom stereocenters. The number of rotatable bonds is 2. The monoisotopic (exact) mass is 220 g/mol. The molecule has 76 valence electrons. The normalized spacial score (nSPS) is 10.3. The minimum atomic E-state index is -1.42. The number of hydrogen-bond donors (Lipinski definition) is 1. The minimum absolute atomic E-state index is 0.0126. The molecule has 0 bridgehead atoms. The number of halogens is 3. The number of Topliss-reactive ketones (excluding diaryl/α,β-unsaturated/α-hetero) is 1. The lowest BCUT2D eigenvalue weighted by Gasteiger charge is -2.05. The van der Waals surface area contributed by atoms with Gasteiger partial charge in [0.25, 0.3) is 0 Å². The fourth-order valence-electron chi connectivity index (χ4n) is 1.04. The van der Waals surface area contributed by atoms with Gasteiger partial charge in [-0.3, -0.25) is 4.79 Å². The fourth-order valence-corrected chi connectivity index (χ4v) is 1.25. The summed E-state index contributed by atoms with van der Waals surface area (Å²) in [6.45, 7) is 1.27. The van der Waals surface area contributed by atoms with Gasteiger partial charge in [-0.15, -0.1) is 0 Å². The molecule has 0 spiro atoms. The highest BCUT2D eigenvalue weighted by atomic mass is 35.5. The molecule has 1 N–H and O–H groups in total. The zero-order chi connectivity index (χ0) is 10.9. The lowest BCUT2D eigenvalue weighted by atomic mass is 10.1. The van der Waals surface area contributed by atoms with Crippen LogP contribution in [-0.4, -0.2) is 10.9 Å². The first-order valence-corrected chi connectivity index (χ1v) is 4.16. The number of benzene rings is 1. The Hall–Kier alpha value is -1.16. The second kappa shape index (κ2) is 3.92. The largest absolute Gasteiger partial charge is 0.505 e. The third kappa shape index (κ3) is 2.01. The molecule has 0 aliphatic carbocycles. The predicted molar refractivity (Wildman–Crippen MR) is 47.4 cm³/mol. The van der Waals surface area contributed by atoms with E-state index < -0.39 is 22.4 Å². The van der Waals surface area contributed by atoms with Crippen LogP contribution in [0.1, 0.15) is 12.5 Å². The van der Waals surface area contributed by atoms with Crippen LogP contribution in [0.15, 0.2) is 6.07 Å². The Morgan fingerprint density at radius 3 is 2.57 bits per heavy atom. The molecular formula is C9H7ClF2O2. The number of phenolic OH excluding ortho intramolecular Hbond substituents is 1. The number of phenols is 1. The van der Waals surface area contributed by atoms with Crippen molar-refractivity contribution in [3.63, 3.8) is 0 Å². The van der Waals surface area contributed by atoms with Gasteiger partial charge in [-0.2, -0.15) is 4.39 Å². The molecule has 14 heavy (non-hydrogen) atoms. The molecule has 5 heteroatoms. The lowest BCUT2D eigenvalue weighted by Crippen LogP contribution is -1.99. The summed E-state index contributed by atoms with van der Waals surface area (Å²) in [5, 5.41) is 8.68. The van der Waals surface area contributed by atoms with E-state index in [0.29, 0.717) is 0 Å². The lowest BCUT2D eigenvalue weighted by molar-refractivity contribution is -0.116. The van der Waals surface area contributed by atoms with Crippen LogP contribution in [0.4, 0.5) is 8.78 Å². The average Bonchev–Trinajstić information content (AvgIpc) is 2.10. The maximum atomic E-state index is 12.9. The molecule has 0 fully saturated rings. The van der Waals surface area contributed by atoms with Crippen molar-refractivity contribution >= 4 is 17.4 Å². The van der Waals surface area contributed by atoms with Crippen molar-refractivity contribution in [2.75, 3.05) is 0 Å². The van der Waals surface area contributed by atoms with Crippen LogP contribution in [0, 0.1) is 11.6 Å². The number of carbonyl (C=O) groups is 1. The first-order valence-electron chi connectivity index (χ1n) is 3.78. The number of aromatic hydroxyl groups is 1. The second-order valence-electron chi connectivity index (χ2n) is 2.87. The van der Waals surface area contributed by atoms with E-state index in [-0.39, 0.29) is 17.8 Å².